The summed E-state index contributed by atoms with van der Waals surface area (Å²) in [5.74, 6) is 1.73. The van der Waals surface area contributed by atoms with Crippen molar-refractivity contribution in [1.82, 2.24) is 9.80 Å². The molecule has 0 spiro atoms. The van der Waals surface area contributed by atoms with Crippen LogP contribution in [-0.2, 0) is 13.2 Å². The van der Waals surface area contributed by atoms with Crippen molar-refractivity contribution in [2.24, 2.45) is 5.73 Å². The fourth-order valence-electron chi connectivity index (χ4n) is 3.41. The van der Waals surface area contributed by atoms with Crippen molar-refractivity contribution in [3.05, 3.63) is 59.7 Å². The highest BCUT2D eigenvalue weighted by atomic mass is 16.5. The zero-order valence-corrected chi connectivity index (χ0v) is 16.3. The third-order valence-electron chi connectivity index (χ3n) is 5.04. The molecule has 2 aromatic carbocycles. The minimum absolute atomic E-state index is 0.564. The molecule has 5 heteroatoms. The molecule has 0 saturated carbocycles. The van der Waals surface area contributed by atoms with E-state index in [-0.39, 0.29) is 0 Å². The first-order valence-corrected chi connectivity index (χ1v) is 9.77. The standard InChI is InChI=1S/C22H31N3O2/c1-26-22-16-21(27-18-19-6-3-2-4-7-19)9-8-20(22)17-25-14-12-24(13-15-25)11-5-10-23/h2-4,6-9,16H,5,10-15,17-18,23H2,1H3. The summed E-state index contributed by atoms with van der Waals surface area (Å²) in [7, 11) is 1.73. The highest BCUT2D eigenvalue weighted by Crippen LogP contribution is 2.27. The number of nitrogens with zero attached hydrogens (tertiary/aromatic N) is 2. The summed E-state index contributed by atoms with van der Waals surface area (Å²) in [6.45, 7) is 7.75. The molecule has 2 aromatic rings. The van der Waals surface area contributed by atoms with Crippen LogP contribution in [0.3, 0.4) is 0 Å². The van der Waals surface area contributed by atoms with Gasteiger partial charge in [0.15, 0.2) is 0 Å². The lowest BCUT2D eigenvalue weighted by molar-refractivity contribution is 0.126. The van der Waals surface area contributed by atoms with Crippen molar-refractivity contribution < 1.29 is 9.47 Å². The maximum Gasteiger partial charge on any atom is 0.127 e. The lowest BCUT2D eigenvalue weighted by atomic mass is 10.1. The van der Waals surface area contributed by atoms with E-state index in [4.69, 9.17) is 15.2 Å². The normalized spacial score (nSPS) is 15.6. The Labute approximate surface area is 162 Å². The van der Waals surface area contributed by atoms with Crippen LogP contribution in [0.2, 0.25) is 0 Å². The topological polar surface area (TPSA) is 51.0 Å². The van der Waals surface area contributed by atoms with Crippen LogP contribution in [-0.4, -0.2) is 56.2 Å². The van der Waals surface area contributed by atoms with Gasteiger partial charge in [-0.15, -0.1) is 0 Å². The number of nitrogens with two attached hydrogens (primary N) is 1. The summed E-state index contributed by atoms with van der Waals surface area (Å²) in [5.41, 5.74) is 7.98. The molecule has 1 saturated heterocycles. The second-order valence-corrected chi connectivity index (χ2v) is 7.01. The predicted molar refractivity (Wildman–Crippen MR) is 109 cm³/mol. The summed E-state index contributed by atoms with van der Waals surface area (Å²) < 4.78 is 11.5. The van der Waals surface area contributed by atoms with Gasteiger partial charge in [-0.25, -0.2) is 0 Å². The molecule has 3 rings (SSSR count). The number of piperazine rings is 1. The van der Waals surface area contributed by atoms with Gasteiger partial charge in [-0.3, -0.25) is 4.90 Å². The van der Waals surface area contributed by atoms with E-state index >= 15 is 0 Å². The lowest BCUT2D eigenvalue weighted by Crippen LogP contribution is -2.46. The summed E-state index contributed by atoms with van der Waals surface area (Å²) in [5, 5.41) is 0. The lowest BCUT2D eigenvalue weighted by Gasteiger charge is -2.34. The van der Waals surface area contributed by atoms with Gasteiger partial charge in [0.05, 0.1) is 7.11 Å². The van der Waals surface area contributed by atoms with Crippen LogP contribution in [0, 0.1) is 0 Å². The molecule has 1 heterocycles. The van der Waals surface area contributed by atoms with Crippen molar-refractivity contribution in [3.63, 3.8) is 0 Å². The van der Waals surface area contributed by atoms with Crippen LogP contribution in [0.15, 0.2) is 48.5 Å². The molecule has 0 atom stereocenters. The first kappa shape index (κ1) is 19.7. The molecule has 0 amide bonds. The van der Waals surface area contributed by atoms with E-state index < -0.39 is 0 Å². The molecule has 146 valence electrons. The zero-order valence-electron chi connectivity index (χ0n) is 16.3. The van der Waals surface area contributed by atoms with Crippen molar-refractivity contribution in [2.45, 2.75) is 19.6 Å². The van der Waals surface area contributed by atoms with Gasteiger partial charge >= 0.3 is 0 Å². The molecule has 1 aliphatic heterocycles. The second kappa shape index (κ2) is 10.3. The smallest absolute Gasteiger partial charge is 0.127 e. The number of benzene rings is 2. The Kier molecular flexibility index (Phi) is 7.51. The van der Waals surface area contributed by atoms with Crippen molar-refractivity contribution in [2.75, 3.05) is 46.4 Å². The molecule has 1 fully saturated rings. The van der Waals surface area contributed by atoms with Gasteiger partial charge in [0.25, 0.3) is 0 Å². The van der Waals surface area contributed by atoms with Gasteiger partial charge in [0.1, 0.15) is 18.1 Å². The molecule has 0 aliphatic carbocycles. The van der Waals surface area contributed by atoms with Crippen molar-refractivity contribution in [3.8, 4) is 11.5 Å². The van der Waals surface area contributed by atoms with Crippen LogP contribution >= 0.6 is 0 Å². The molecule has 2 N–H and O–H groups in total. The third-order valence-corrected chi connectivity index (χ3v) is 5.04. The van der Waals surface area contributed by atoms with E-state index in [1.807, 2.05) is 30.3 Å². The second-order valence-electron chi connectivity index (χ2n) is 7.01. The molecule has 27 heavy (non-hydrogen) atoms. The number of ether oxygens (including phenoxy) is 2. The Hall–Kier alpha value is -2.08. The van der Waals surface area contributed by atoms with Gasteiger partial charge in [-0.1, -0.05) is 36.4 Å². The SMILES string of the molecule is COc1cc(OCc2ccccc2)ccc1CN1CCN(CCCN)CC1. The summed E-state index contributed by atoms with van der Waals surface area (Å²) in [4.78, 5) is 4.99. The maximum absolute atomic E-state index is 5.92. The minimum atomic E-state index is 0.564. The van der Waals surface area contributed by atoms with Gasteiger partial charge in [-0.05, 0) is 31.1 Å². The van der Waals surface area contributed by atoms with Crippen LogP contribution in [0.4, 0.5) is 0 Å². The molecule has 1 aliphatic rings. The number of hydrogen-bond donors (Lipinski definition) is 1. The molecular formula is C22H31N3O2. The Morgan fingerprint density at radius 1 is 0.963 bits per heavy atom. The van der Waals surface area contributed by atoms with Gasteiger partial charge in [-0.2, -0.15) is 0 Å². The van der Waals surface area contributed by atoms with Crippen molar-refractivity contribution >= 4 is 0 Å². The van der Waals surface area contributed by atoms with Crippen LogP contribution in [0.1, 0.15) is 17.5 Å². The monoisotopic (exact) mass is 369 g/mol. The quantitative estimate of drug-likeness (QED) is 0.737. The van der Waals surface area contributed by atoms with E-state index in [1.54, 1.807) is 7.11 Å². The Morgan fingerprint density at radius 3 is 2.41 bits per heavy atom. The van der Waals surface area contributed by atoms with Gasteiger partial charge in [0, 0.05) is 44.4 Å². The Bertz CT molecular complexity index is 685. The summed E-state index contributed by atoms with van der Waals surface area (Å²) in [6.07, 6.45) is 1.08. The highest BCUT2D eigenvalue weighted by molar-refractivity contribution is 5.41. The molecule has 0 bridgehead atoms. The van der Waals surface area contributed by atoms with Crippen LogP contribution < -0.4 is 15.2 Å². The van der Waals surface area contributed by atoms with E-state index in [2.05, 4.69) is 28.0 Å². The third kappa shape index (κ3) is 5.96. The van der Waals surface area contributed by atoms with Gasteiger partial charge < -0.3 is 20.1 Å². The summed E-state index contributed by atoms with van der Waals surface area (Å²) in [6, 6.07) is 16.4. The average molecular weight is 370 g/mol. The first-order chi connectivity index (χ1) is 13.3. The summed E-state index contributed by atoms with van der Waals surface area (Å²) >= 11 is 0. The highest BCUT2D eigenvalue weighted by Gasteiger charge is 2.18. The molecule has 5 nitrogen and oxygen atoms in total. The van der Waals surface area contributed by atoms with Crippen molar-refractivity contribution in [1.29, 1.82) is 0 Å². The Balaban J connectivity index is 1.53. The predicted octanol–water partition coefficient (Wildman–Crippen LogP) is 2.74. The Morgan fingerprint density at radius 2 is 1.70 bits per heavy atom. The van der Waals surface area contributed by atoms with E-state index in [1.165, 1.54) is 5.56 Å². The average Bonchev–Trinajstić information content (AvgIpc) is 2.73. The fourth-order valence-corrected chi connectivity index (χ4v) is 3.41. The number of rotatable bonds is 9. The molecule has 0 radical (unpaired) electrons. The van der Waals surface area contributed by atoms with E-state index in [0.717, 1.165) is 69.3 Å². The van der Waals surface area contributed by atoms with E-state index in [0.29, 0.717) is 6.61 Å². The largest absolute Gasteiger partial charge is 0.496 e. The first-order valence-electron chi connectivity index (χ1n) is 9.77. The zero-order chi connectivity index (χ0) is 18.9. The van der Waals surface area contributed by atoms with Crippen LogP contribution in [0.25, 0.3) is 0 Å². The molecule has 0 aromatic heterocycles. The van der Waals surface area contributed by atoms with Gasteiger partial charge in [0.2, 0.25) is 0 Å². The number of methoxy groups -OCH3 is 1. The van der Waals surface area contributed by atoms with Crippen LogP contribution in [0.5, 0.6) is 11.5 Å². The molecule has 0 unspecified atom stereocenters. The maximum atomic E-state index is 5.92. The number of hydrogen-bond acceptors (Lipinski definition) is 5. The molecular weight excluding hydrogens is 338 g/mol. The van der Waals surface area contributed by atoms with E-state index in [9.17, 15) is 0 Å². The minimum Gasteiger partial charge on any atom is -0.496 e. The fraction of sp³-hybridized carbons (Fsp3) is 0.455.